The predicted octanol–water partition coefficient (Wildman–Crippen LogP) is 2.75. The number of nitrogens with one attached hydrogen (secondary N) is 1. The van der Waals surface area contributed by atoms with E-state index in [0.717, 1.165) is 25.1 Å². The van der Waals surface area contributed by atoms with Crippen molar-refractivity contribution in [3.63, 3.8) is 0 Å². The summed E-state index contributed by atoms with van der Waals surface area (Å²) in [7, 11) is 0. The number of ether oxygens (including phenoxy) is 1. The molecule has 0 aromatic rings. The van der Waals surface area contributed by atoms with Gasteiger partial charge >= 0.3 is 0 Å². The third-order valence-electron chi connectivity index (χ3n) is 2.30. The van der Waals surface area contributed by atoms with E-state index in [1.807, 2.05) is 13.8 Å². The van der Waals surface area contributed by atoms with Crippen LogP contribution in [0.3, 0.4) is 0 Å². The molecule has 0 fully saturated rings. The lowest BCUT2D eigenvalue weighted by molar-refractivity contribution is -0.0291. The summed E-state index contributed by atoms with van der Waals surface area (Å²) in [5.41, 5.74) is 0.965. The molecule has 0 amide bonds. The topological polar surface area (TPSA) is 21.3 Å². The standard InChI is InChI=1S/C12H25NO/c1-7-9-13-11(10(3)4)12(5,6)14-8-2/h11,13H,3,7-9H2,1-2,4-6H3. The summed E-state index contributed by atoms with van der Waals surface area (Å²) < 4.78 is 5.73. The first-order valence-corrected chi connectivity index (χ1v) is 5.48. The van der Waals surface area contributed by atoms with Crippen molar-refractivity contribution in [1.82, 2.24) is 5.32 Å². The van der Waals surface area contributed by atoms with Gasteiger partial charge in [0.2, 0.25) is 0 Å². The maximum absolute atomic E-state index is 5.73. The Morgan fingerprint density at radius 3 is 2.36 bits per heavy atom. The molecule has 0 bridgehead atoms. The van der Waals surface area contributed by atoms with Crippen LogP contribution in [-0.4, -0.2) is 24.8 Å². The Kier molecular flexibility index (Phi) is 6.05. The van der Waals surface area contributed by atoms with Crippen molar-refractivity contribution < 1.29 is 4.74 Å². The Bertz CT molecular complexity index is 175. The van der Waals surface area contributed by atoms with Crippen LogP contribution in [0.5, 0.6) is 0 Å². The van der Waals surface area contributed by atoms with Crippen molar-refractivity contribution in [3.8, 4) is 0 Å². The zero-order valence-corrected chi connectivity index (χ0v) is 10.3. The van der Waals surface area contributed by atoms with Crippen LogP contribution in [0.15, 0.2) is 12.2 Å². The Labute approximate surface area is 88.7 Å². The Balaban J connectivity index is 4.38. The van der Waals surface area contributed by atoms with Crippen LogP contribution in [0, 0.1) is 0 Å². The highest BCUT2D eigenvalue weighted by molar-refractivity contribution is 5.09. The second kappa shape index (κ2) is 6.20. The summed E-state index contributed by atoms with van der Waals surface area (Å²) in [5, 5.41) is 3.47. The quantitative estimate of drug-likeness (QED) is 0.637. The first-order valence-electron chi connectivity index (χ1n) is 5.48. The normalized spacial score (nSPS) is 14.1. The fourth-order valence-electron chi connectivity index (χ4n) is 1.76. The number of rotatable bonds is 7. The van der Waals surface area contributed by atoms with Gasteiger partial charge in [0.25, 0.3) is 0 Å². The molecule has 0 heterocycles. The van der Waals surface area contributed by atoms with E-state index in [4.69, 9.17) is 4.74 Å². The molecule has 0 saturated heterocycles. The van der Waals surface area contributed by atoms with Gasteiger partial charge in [-0.15, -0.1) is 0 Å². The third kappa shape index (κ3) is 4.25. The number of hydrogen-bond donors (Lipinski definition) is 1. The zero-order chi connectivity index (χ0) is 11.2. The molecule has 0 aliphatic carbocycles. The summed E-state index contributed by atoms with van der Waals surface area (Å²) in [5.74, 6) is 0. The van der Waals surface area contributed by atoms with Crippen LogP contribution < -0.4 is 5.32 Å². The Morgan fingerprint density at radius 2 is 2.00 bits per heavy atom. The molecule has 1 unspecified atom stereocenters. The highest BCUT2D eigenvalue weighted by Gasteiger charge is 2.29. The predicted molar refractivity (Wildman–Crippen MR) is 62.6 cm³/mol. The lowest BCUT2D eigenvalue weighted by atomic mass is 9.93. The first kappa shape index (κ1) is 13.7. The largest absolute Gasteiger partial charge is 0.374 e. The Morgan fingerprint density at radius 1 is 1.43 bits per heavy atom. The van der Waals surface area contributed by atoms with Crippen LogP contribution in [0.25, 0.3) is 0 Å². The molecule has 1 atom stereocenters. The summed E-state index contributed by atoms with van der Waals surface area (Å²) in [6.07, 6.45) is 1.13. The van der Waals surface area contributed by atoms with E-state index in [1.54, 1.807) is 0 Å². The van der Waals surface area contributed by atoms with Crippen molar-refractivity contribution >= 4 is 0 Å². The van der Waals surface area contributed by atoms with Crippen molar-refractivity contribution in [2.45, 2.75) is 52.7 Å². The highest BCUT2D eigenvalue weighted by Crippen LogP contribution is 2.20. The molecule has 0 aliphatic rings. The van der Waals surface area contributed by atoms with Crippen molar-refractivity contribution in [2.75, 3.05) is 13.2 Å². The van der Waals surface area contributed by atoms with Crippen molar-refractivity contribution in [2.24, 2.45) is 0 Å². The van der Waals surface area contributed by atoms with Crippen molar-refractivity contribution in [3.05, 3.63) is 12.2 Å². The van der Waals surface area contributed by atoms with Gasteiger partial charge < -0.3 is 10.1 Å². The number of hydrogen-bond acceptors (Lipinski definition) is 2. The van der Waals surface area contributed by atoms with E-state index >= 15 is 0 Å². The van der Waals surface area contributed by atoms with Gasteiger partial charge in [-0.2, -0.15) is 0 Å². The molecule has 2 nitrogen and oxygen atoms in total. The lowest BCUT2D eigenvalue weighted by Gasteiger charge is -2.35. The molecular weight excluding hydrogens is 174 g/mol. The molecule has 0 aromatic carbocycles. The van der Waals surface area contributed by atoms with Crippen LogP contribution in [-0.2, 0) is 4.74 Å². The van der Waals surface area contributed by atoms with Crippen molar-refractivity contribution in [1.29, 1.82) is 0 Å². The van der Waals surface area contributed by atoms with Crippen LogP contribution in [0.1, 0.15) is 41.0 Å². The van der Waals surface area contributed by atoms with Gasteiger partial charge in [-0.1, -0.05) is 19.1 Å². The van der Waals surface area contributed by atoms with E-state index in [1.165, 1.54) is 0 Å². The molecule has 0 aliphatic heterocycles. The van der Waals surface area contributed by atoms with E-state index < -0.39 is 0 Å². The SMILES string of the molecule is C=C(C)C(NCCC)C(C)(C)OCC. The highest BCUT2D eigenvalue weighted by atomic mass is 16.5. The van der Waals surface area contributed by atoms with Gasteiger partial charge in [-0.3, -0.25) is 0 Å². The van der Waals surface area contributed by atoms with Gasteiger partial charge in [0.1, 0.15) is 0 Å². The molecule has 14 heavy (non-hydrogen) atoms. The van der Waals surface area contributed by atoms with E-state index in [9.17, 15) is 0 Å². The summed E-state index contributed by atoms with van der Waals surface area (Å²) >= 11 is 0. The summed E-state index contributed by atoms with van der Waals surface area (Å²) in [6.45, 7) is 16.2. The fraction of sp³-hybridized carbons (Fsp3) is 0.833. The van der Waals surface area contributed by atoms with E-state index in [0.29, 0.717) is 0 Å². The minimum absolute atomic E-state index is 0.171. The Hall–Kier alpha value is -0.340. The lowest BCUT2D eigenvalue weighted by Crippen LogP contribution is -2.49. The average Bonchev–Trinajstić information content (AvgIpc) is 2.03. The molecular formula is C12H25NO. The summed E-state index contributed by atoms with van der Waals surface area (Å²) in [6, 6.07) is 0.238. The molecule has 0 radical (unpaired) electrons. The third-order valence-corrected chi connectivity index (χ3v) is 2.30. The molecule has 84 valence electrons. The minimum Gasteiger partial charge on any atom is -0.374 e. The van der Waals surface area contributed by atoms with Gasteiger partial charge in [0, 0.05) is 6.61 Å². The van der Waals surface area contributed by atoms with Gasteiger partial charge in [0.15, 0.2) is 0 Å². The molecule has 0 aromatic heterocycles. The van der Waals surface area contributed by atoms with Crippen LogP contribution >= 0.6 is 0 Å². The van der Waals surface area contributed by atoms with Crippen LogP contribution in [0.2, 0.25) is 0 Å². The maximum Gasteiger partial charge on any atom is 0.0816 e. The fourth-order valence-corrected chi connectivity index (χ4v) is 1.76. The molecule has 1 N–H and O–H groups in total. The van der Waals surface area contributed by atoms with E-state index in [2.05, 4.69) is 32.7 Å². The molecule has 0 saturated carbocycles. The van der Waals surface area contributed by atoms with Crippen LogP contribution in [0.4, 0.5) is 0 Å². The maximum atomic E-state index is 5.73. The zero-order valence-electron chi connectivity index (χ0n) is 10.3. The molecule has 2 heteroatoms. The monoisotopic (exact) mass is 199 g/mol. The van der Waals surface area contributed by atoms with Gasteiger partial charge in [-0.25, -0.2) is 0 Å². The summed E-state index contributed by atoms with van der Waals surface area (Å²) in [4.78, 5) is 0. The smallest absolute Gasteiger partial charge is 0.0816 e. The minimum atomic E-state index is -0.171. The second-order valence-corrected chi connectivity index (χ2v) is 4.27. The first-order chi connectivity index (χ1) is 6.45. The average molecular weight is 199 g/mol. The van der Waals surface area contributed by atoms with E-state index in [-0.39, 0.29) is 11.6 Å². The van der Waals surface area contributed by atoms with Gasteiger partial charge in [0.05, 0.1) is 11.6 Å². The molecule has 0 rings (SSSR count). The second-order valence-electron chi connectivity index (χ2n) is 4.27. The molecule has 0 spiro atoms. The van der Waals surface area contributed by atoms with Gasteiger partial charge in [-0.05, 0) is 40.7 Å².